The zero-order valence-corrected chi connectivity index (χ0v) is 10.0. The van der Waals surface area contributed by atoms with Crippen LogP contribution in [0.3, 0.4) is 0 Å². The summed E-state index contributed by atoms with van der Waals surface area (Å²) in [6.07, 6.45) is 4.04. The molecule has 2 unspecified atom stereocenters. The van der Waals surface area contributed by atoms with Crippen molar-refractivity contribution in [2.75, 3.05) is 13.6 Å². The SMILES string of the molecule is CCCc1cc2n(n1)CC1OC1N(C)CC2. The molecule has 4 nitrogen and oxygen atoms in total. The number of fused-ring (bicyclic) bond motifs is 2. The van der Waals surface area contributed by atoms with Crippen molar-refractivity contribution >= 4 is 0 Å². The number of likely N-dealkylation sites (N-methyl/N-ethyl adjacent to an activating group) is 1. The molecule has 1 saturated heterocycles. The number of aromatic nitrogens is 2. The average Bonchev–Trinajstić information content (AvgIpc) is 2.90. The molecular formula is C12H19N3O. The molecule has 16 heavy (non-hydrogen) atoms. The van der Waals surface area contributed by atoms with Crippen LogP contribution in [0.5, 0.6) is 0 Å². The summed E-state index contributed by atoms with van der Waals surface area (Å²) in [6.45, 7) is 4.19. The van der Waals surface area contributed by atoms with E-state index in [1.165, 1.54) is 17.8 Å². The number of rotatable bonds is 2. The Bertz CT molecular complexity index is 388. The van der Waals surface area contributed by atoms with Gasteiger partial charge in [-0.3, -0.25) is 9.58 Å². The fourth-order valence-electron chi connectivity index (χ4n) is 2.50. The van der Waals surface area contributed by atoms with Crippen LogP contribution in [0.1, 0.15) is 24.7 Å². The van der Waals surface area contributed by atoms with Crippen LogP contribution in [0.2, 0.25) is 0 Å². The summed E-state index contributed by atoms with van der Waals surface area (Å²) in [5.74, 6) is 0. The van der Waals surface area contributed by atoms with E-state index in [1.54, 1.807) is 0 Å². The number of epoxide rings is 1. The highest BCUT2D eigenvalue weighted by Gasteiger charge is 2.43. The Labute approximate surface area is 96.2 Å². The highest BCUT2D eigenvalue weighted by molar-refractivity contribution is 5.12. The van der Waals surface area contributed by atoms with Crippen LogP contribution >= 0.6 is 0 Å². The van der Waals surface area contributed by atoms with Crippen LogP contribution in [0.15, 0.2) is 6.07 Å². The van der Waals surface area contributed by atoms with Crippen LogP contribution < -0.4 is 0 Å². The summed E-state index contributed by atoms with van der Waals surface area (Å²) in [5, 5.41) is 4.66. The van der Waals surface area contributed by atoms with E-state index in [0.717, 1.165) is 25.9 Å². The zero-order chi connectivity index (χ0) is 11.1. The monoisotopic (exact) mass is 221 g/mol. The minimum absolute atomic E-state index is 0.340. The predicted octanol–water partition coefficient (Wildman–Crippen LogP) is 1.05. The molecule has 3 rings (SSSR count). The summed E-state index contributed by atoms with van der Waals surface area (Å²) in [6, 6.07) is 2.26. The summed E-state index contributed by atoms with van der Waals surface area (Å²) in [7, 11) is 2.14. The molecule has 0 radical (unpaired) electrons. The quantitative estimate of drug-likeness (QED) is 0.700. The molecule has 0 aliphatic carbocycles. The number of hydrogen-bond acceptors (Lipinski definition) is 3. The van der Waals surface area contributed by atoms with Gasteiger partial charge in [0.2, 0.25) is 0 Å². The maximum Gasteiger partial charge on any atom is 0.139 e. The van der Waals surface area contributed by atoms with Gasteiger partial charge in [0.25, 0.3) is 0 Å². The minimum Gasteiger partial charge on any atom is -0.351 e. The molecule has 0 aromatic carbocycles. The first kappa shape index (κ1) is 10.3. The van der Waals surface area contributed by atoms with Gasteiger partial charge < -0.3 is 4.74 Å². The van der Waals surface area contributed by atoms with Crippen molar-refractivity contribution in [2.45, 2.75) is 45.1 Å². The second-order valence-electron chi connectivity index (χ2n) is 4.85. The first-order valence-electron chi connectivity index (χ1n) is 6.19. The van der Waals surface area contributed by atoms with E-state index in [4.69, 9.17) is 4.74 Å². The molecule has 1 aromatic heterocycles. The second kappa shape index (κ2) is 3.86. The van der Waals surface area contributed by atoms with E-state index < -0.39 is 0 Å². The molecule has 0 spiro atoms. The molecule has 0 saturated carbocycles. The average molecular weight is 221 g/mol. The highest BCUT2D eigenvalue weighted by atomic mass is 16.6. The highest BCUT2D eigenvalue weighted by Crippen LogP contribution is 2.29. The molecule has 0 bridgehead atoms. The minimum atomic E-state index is 0.340. The first-order chi connectivity index (χ1) is 7.78. The molecule has 0 N–H and O–H groups in total. The molecule has 4 heteroatoms. The third-order valence-electron chi connectivity index (χ3n) is 3.48. The van der Waals surface area contributed by atoms with Crippen molar-refractivity contribution in [3.05, 3.63) is 17.5 Å². The molecule has 2 aliphatic rings. The molecular weight excluding hydrogens is 202 g/mol. The van der Waals surface area contributed by atoms with Gasteiger partial charge in [-0.05, 0) is 19.5 Å². The van der Waals surface area contributed by atoms with E-state index in [2.05, 4.69) is 34.7 Å². The third kappa shape index (κ3) is 1.76. The van der Waals surface area contributed by atoms with Gasteiger partial charge in [-0.25, -0.2) is 0 Å². The molecule has 1 aromatic rings. The number of nitrogens with zero attached hydrogens (tertiary/aromatic N) is 3. The van der Waals surface area contributed by atoms with E-state index in [-0.39, 0.29) is 0 Å². The van der Waals surface area contributed by atoms with E-state index in [1.807, 2.05) is 0 Å². The van der Waals surface area contributed by atoms with Crippen molar-refractivity contribution in [2.24, 2.45) is 0 Å². The normalized spacial score (nSPS) is 29.1. The van der Waals surface area contributed by atoms with Crippen molar-refractivity contribution in [3.8, 4) is 0 Å². The summed E-state index contributed by atoms with van der Waals surface area (Å²) >= 11 is 0. The molecule has 0 amide bonds. The van der Waals surface area contributed by atoms with Gasteiger partial charge in [0.1, 0.15) is 12.3 Å². The van der Waals surface area contributed by atoms with Gasteiger partial charge in [-0.1, -0.05) is 13.3 Å². The lowest BCUT2D eigenvalue weighted by Crippen LogP contribution is -2.30. The zero-order valence-electron chi connectivity index (χ0n) is 10.0. The van der Waals surface area contributed by atoms with E-state index in [9.17, 15) is 0 Å². The maximum atomic E-state index is 5.64. The standard InChI is InChI=1S/C12H19N3O/c1-3-4-9-7-10-5-6-14(2)12-11(16-12)8-15(10)13-9/h7,11-12H,3-6,8H2,1-2H3. The third-order valence-corrected chi connectivity index (χ3v) is 3.48. The summed E-state index contributed by atoms with van der Waals surface area (Å²) in [5.41, 5.74) is 2.60. The molecule has 88 valence electrons. The Balaban J connectivity index is 1.83. The van der Waals surface area contributed by atoms with Gasteiger partial charge in [0, 0.05) is 18.7 Å². The molecule has 1 fully saturated rings. The largest absolute Gasteiger partial charge is 0.351 e. The van der Waals surface area contributed by atoms with Crippen molar-refractivity contribution < 1.29 is 4.74 Å². The fourth-order valence-corrected chi connectivity index (χ4v) is 2.50. The molecule has 2 atom stereocenters. The fraction of sp³-hybridized carbons (Fsp3) is 0.750. The van der Waals surface area contributed by atoms with Crippen molar-refractivity contribution in [1.29, 1.82) is 0 Å². The van der Waals surface area contributed by atoms with Crippen LogP contribution in [-0.4, -0.2) is 40.6 Å². The van der Waals surface area contributed by atoms with Gasteiger partial charge >= 0.3 is 0 Å². The lowest BCUT2D eigenvalue weighted by atomic mass is 10.2. The lowest BCUT2D eigenvalue weighted by Gasteiger charge is -2.17. The number of hydrogen-bond donors (Lipinski definition) is 0. The number of aryl methyl sites for hydroxylation is 1. The van der Waals surface area contributed by atoms with Gasteiger partial charge in [-0.15, -0.1) is 0 Å². The Morgan fingerprint density at radius 2 is 2.44 bits per heavy atom. The summed E-state index contributed by atoms with van der Waals surface area (Å²) < 4.78 is 7.80. The smallest absolute Gasteiger partial charge is 0.139 e. The Hall–Kier alpha value is -0.870. The van der Waals surface area contributed by atoms with Crippen molar-refractivity contribution in [3.63, 3.8) is 0 Å². The van der Waals surface area contributed by atoms with Crippen LogP contribution in [0, 0.1) is 0 Å². The van der Waals surface area contributed by atoms with Gasteiger partial charge in [-0.2, -0.15) is 5.10 Å². The van der Waals surface area contributed by atoms with Crippen LogP contribution in [-0.2, 0) is 24.1 Å². The number of ether oxygens (including phenoxy) is 1. The maximum absolute atomic E-state index is 5.64. The molecule has 2 aliphatic heterocycles. The first-order valence-corrected chi connectivity index (χ1v) is 6.19. The van der Waals surface area contributed by atoms with E-state index >= 15 is 0 Å². The van der Waals surface area contributed by atoms with E-state index in [0.29, 0.717) is 12.3 Å². The Kier molecular flexibility index (Phi) is 2.48. The summed E-state index contributed by atoms with van der Waals surface area (Å²) in [4.78, 5) is 2.31. The Morgan fingerprint density at radius 3 is 3.25 bits per heavy atom. The van der Waals surface area contributed by atoms with Gasteiger partial charge in [0.05, 0.1) is 12.2 Å². The van der Waals surface area contributed by atoms with Crippen molar-refractivity contribution in [1.82, 2.24) is 14.7 Å². The predicted molar refractivity (Wildman–Crippen MR) is 61.2 cm³/mol. The lowest BCUT2D eigenvalue weighted by molar-refractivity contribution is 0.213. The van der Waals surface area contributed by atoms with Gasteiger partial charge in [0.15, 0.2) is 0 Å². The van der Waals surface area contributed by atoms with Crippen LogP contribution in [0.4, 0.5) is 0 Å². The second-order valence-corrected chi connectivity index (χ2v) is 4.85. The molecule has 3 heterocycles. The topological polar surface area (TPSA) is 33.6 Å². The Morgan fingerprint density at radius 1 is 1.56 bits per heavy atom. The van der Waals surface area contributed by atoms with Crippen LogP contribution in [0.25, 0.3) is 0 Å².